The summed E-state index contributed by atoms with van der Waals surface area (Å²) in [6.07, 6.45) is 0. The highest BCUT2D eigenvalue weighted by molar-refractivity contribution is 6.32. The average Bonchev–Trinajstić information content (AvgIpc) is 2.47. The zero-order valence-electron chi connectivity index (χ0n) is 12.1. The Labute approximate surface area is 136 Å². The molecule has 114 valence electrons. The number of hydrogen-bond acceptors (Lipinski definition) is 3. The van der Waals surface area contributed by atoms with Crippen molar-refractivity contribution in [1.82, 2.24) is 5.32 Å². The molecule has 0 bridgehead atoms. The topological polar surface area (TPSA) is 30.5 Å². The summed E-state index contributed by atoms with van der Waals surface area (Å²) < 4.78 is 10.5. The molecule has 2 aromatic rings. The Morgan fingerprint density at radius 1 is 0.952 bits per heavy atom. The normalized spacial score (nSPS) is 9.86. The molecule has 0 spiro atoms. The SMILES string of the molecule is COc1cc(CNCc2ccccc2)cc(Cl)c1OC.Cl. The Bertz CT molecular complexity index is 562. The van der Waals surface area contributed by atoms with Crippen molar-refractivity contribution in [3.05, 3.63) is 58.6 Å². The highest BCUT2D eigenvalue weighted by Crippen LogP contribution is 2.35. The number of ether oxygens (including phenoxy) is 2. The van der Waals surface area contributed by atoms with Crippen LogP contribution in [0.2, 0.25) is 5.02 Å². The summed E-state index contributed by atoms with van der Waals surface area (Å²) in [4.78, 5) is 0. The van der Waals surface area contributed by atoms with Crippen molar-refractivity contribution in [3.63, 3.8) is 0 Å². The van der Waals surface area contributed by atoms with Gasteiger partial charge < -0.3 is 14.8 Å². The number of methoxy groups -OCH3 is 2. The van der Waals surface area contributed by atoms with Gasteiger partial charge in [0, 0.05) is 13.1 Å². The third-order valence-corrected chi connectivity index (χ3v) is 3.28. The van der Waals surface area contributed by atoms with Gasteiger partial charge in [0.15, 0.2) is 11.5 Å². The molecular formula is C16H19Cl2NO2. The first kappa shape index (κ1) is 17.6. The maximum atomic E-state index is 6.18. The van der Waals surface area contributed by atoms with Gasteiger partial charge in [-0.1, -0.05) is 41.9 Å². The minimum Gasteiger partial charge on any atom is -0.493 e. The van der Waals surface area contributed by atoms with Crippen LogP contribution in [0, 0.1) is 0 Å². The van der Waals surface area contributed by atoms with Crippen LogP contribution < -0.4 is 14.8 Å². The highest BCUT2D eigenvalue weighted by atomic mass is 35.5. The van der Waals surface area contributed by atoms with Crippen molar-refractivity contribution in [2.75, 3.05) is 14.2 Å². The van der Waals surface area contributed by atoms with Gasteiger partial charge in [0.05, 0.1) is 19.2 Å². The summed E-state index contributed by atoms with van der Waals surface area (Å²) in [6.45, 7) is 1.53. The van der Waals surface area contributed by atoms with E-state index >= 15 is 0 Å². The minimum absolute atomic E-state index is 0. The van der Waals surface area contributed by atoms with Gasteiger partial charge in [-0.05, 0) is 23.3 Å². The second kappa shape index (κ2) is 8.78. The molecule has 0 aliphatic rings. The average molecular weight is 328 g/mol. The summed E-state index contributed by atoms with van der Waals surface area (Å²) >= 11 is 6.18. The Morgan fingerprint density at radius 2 is 1.62 bits per heavy atom. The fourth-order valence-corrected chi connectivity index (χ4v) is 2.33. The van der Waals surface area contributed by atoms with Crippen LogP contribution in [-0.4, -0.2) is 14.2 Å². The first-order valence-corrected chi connectivity index (χ1v) is 6.77. The molecule has 0 saturated carbocycles. The predicted octanol–water partition coefficient (Wildman–Crippen LogP) is 4.07. The van der Waals surface area contributed by atoms with Gasteiger partial charge in [-0.15, -0.1) is 12.4 Å². The van der Waals surface area contributed by atoms with E-state index in [2.05, 4.69) is 17.4 Å². The van der Waals surface area contributed by atoms with Crippen LogP contribution in [0.3, 0.4) is 0 Å². The fourth-order valence-electron chi connectivity index (χ4n) is 2.02. The summed E-state index contributed by atoms with van der Waals surface area (Å²) in [7, 11) is 3.19. The predicted molar refractivity (Wildman–Crippen MR) is 88.8 cm³/mol. The molecule has 3 nitrogen and oxygen atoms in total. The van der Waals surface area contributed by atoms with Crippen LogP contribution in [0.25, 0.3) is 0 Å². The second-order valence-corrected chi connectivity index (χ2v) is 4.81. The van der Waals surface area contributed by atoms with Crippen LogP contribution in [0.1, 0.15) is 11.1 Å². The Kier molecular flexibility index (Phi) is 7.37. The third kappa shape index (κ3) is 4.81. The van der Waals surface area contributed by atoms with Gasteiger partial charge in [-0.25, -0.2) is 0 Å². The molecule has 2 rings (SSSR count). The molecule has 0 unspecified atom stereocenters. The molecular weight excluding hydrogens is 309 g/mol. The lowest BCUT2D eigenvalue weighted by molar-refractivity contribution is 0.354. The molecule has 0 radical (unpaired) electrons. The quantitative estimate of drug-likeness (QED) is 0.867. The van der Waals surface area contributed by atoms with E-state index < -0.39 is 0 Å². The van der Waals surface area contributed by atoms with E-state index in [1.165, 1.54) is 5.56 Å². The standard InChI is InChI=1S/C16H18ClNO2.ClH/c1-19-15-9-13(8-14(17)16(15)20-2)11-18-10-12-6-4-3-5-7-12;/h3-9,18H,10-11H2,1-2H3;1H. The first-order chi connectivity index (χ1) is 9.74. The Balaban J connectivity index is 0.00000220. The number of benzene rings is 2. The van der Waals surface area contributed by atoms with Gasteiger partial charge in [0.25, 0.3) is 0 Å². The molecule has 0 aliphatic carbocycles. The summed E-state index contributed by atoms with van der Waals surface area (Å²) in [5.41, 5.74) is 2.31. The van der Waals surface area contributed by atoms with Crippen LogP contribution in [0.4, 0.5) is 0 Å². The van der Waals surface area contributed by atoms with Gasteiger partial charge in [-0.3, -0.25) is 0 Å². The summed E-state index contributed by atoms with van der Waals surface area (Å²) in [5.74, 6) is 1.22. The van der Waals surface area contributed by atoms with E-state index in [1.54, 1.807) is 14.2 Å². The minimum atomic E-state index is 0. The number of hydrogen-bond donors (Lipinski definition) is 1. The summed E-state index contributed by atoms with van der Waals surface area (Å²) in [6, 6.07) is 14.1. The van der Waals surface area contributed by atoms with Crippen molar-refractivity contribution in [1.29, 1.82) is 0 Å². The second-order valence-electron chi connectivity index (χ2n) is 4.40. The lowest BCUT2D eigenvalue weighted by Crippen LogP contribution is -2.12. The zero-order chi connectivity index (χ0) is 14.4. The van der Waals surface area contributed by atoms with E-state index in [9.17, 15) is 0 Å². The molecule has 0 saturated heterocycles. The van der Waals surface area contributed by atoms with E-state index in [1.807, 2.05) is 30.3 Å². The number of nitrogens with one attached hydrogen (secondary N) is 1. The van der Waals surface area contributed by atoms with Crippen molar-refractivity contribution in [3.8, 4) is 11.5 Å². The van der Waals surface area contributed by atoms with Gasteiger partial charge in [0.1, 0.15) is 0 Å². The monoisotopic (exact) mass is 327 g/mol. The van der Waals surface area contributed by atoms with Gasteiger partial charge >= 0.3 is 0 Å². The maximum Gasteiger partial charge on any atom is 0.179 e. The third-order valence-electron chi connectivity index (χ3n) is 2.99. The lowest BCUT2D eigenvalue weighted by Gasteiger charge is -2.12. The fraction of sp³-hybridized carbons (Fsp3) is 0.250. The molecule has 1 N–H and O–H groups in total. The van der Waals surface area contributed by atoms with Crippen molar-refractivity contribution < 1.29 is 9.47 Å². The van der Waals surface area contributed by atoms with Crippen LogP contribution >= 0.6 is 24.0 Å². The zero-order valence-corrected chi connectivity index (χ0v) is 13.6. The van der Waals surface area contributed by atoms with Crippen LogP contribution in [0.5, 0.6) is 11.5 Å². The van der Waals surface area contributed by atoms with Gasteiger partial charge in [0.2, 0.25) is 0 Å². The maximum absolute atomic E-state index is 6.18. The van der Waals surface area contributed by atoms with E-state index in [-0.39, 0.29) is 12.4 Å². The van der Waals surface area contributed by atoms with Gasteiger partial charge in [-0.2, -0.15) is 0 Å². The van der Waals surface area contributed by atoms with E-state index in [0.717, 1.165) is 18.7 Å². The van der Waals surface area contributed by atoms with Crippen molar-refractivity contribution >= 4 is 24.0 Å². The van der Waals surface area contributed by atoms with Crippen LogP contribution in [0.15, 0.2) is 42.5 Å². The number of rotatable bonds is 6. The molecule has 0 aromatic heterocycles. The molecule has 0 fully saturated rings. The summed E-state index contributed by atoms with van der Waals surface area (Å²) in [5, 5.41) is 3.94. The molecule has 0 aliphatic heterocycles. The lowest BCUT2D eigenvalue weighted by atomic mass is 10.2. The Morgan fingerprint density at radius 3 is 2.24 bits per heavy atom. The highest BCUT2D eigenvalue weighted by Gasteiger charge is 2.10. The molecule has 2 aromatic carbocycles. The van der Waals surface area contributed by atoms with Crippen molar-refractivity contribution in [2.24, 2.45) is 0 Å². The smallest absolute Gasteiger partial charge is 0.179 e. The largest absolute Gasteiger partial charge is 0.493 e. The molecule has 21 heavy (non-hydrogen) atoms. The molecule has 5 heteroatoms. The molecule has 0 heterocycles. The van der Waals surface area contributed by atoms with Crippen molar-refractivity contribution in [2.45, 2.75) is 13.1 Å². The molecule has 0 amide bonds. The molecule has 0 atom stereocenters. The first-order valence-electron chi connectivity index (χ1n) is 6.39. The van der Waals surface area contributed by atoms with Crippen LogP contribution in [-0.2, 0) is 13.1 Å². The van der Waals surface area contributed by atoms with E-state index in [0.29, 0.717) is 16.5 Å². The number of halogens is 2. The Hall–Kier alpha value is -1.42. The van der Waals surface area contributed by atoms with E-state index in [4.69, 9.17) is 21.1 Å².